The quantitative estimate of drug-likeness (QED) is 0.689. The molecule has 0 aliphatic heterocycles. The minimum atomic E-state index is -1.12. The fourth-order valence-electron chi connectivity index (χ4n) is 3.19. The Morgan fingerprint density at radius 2 is 1.76 bits per heavy atom. The van der Waals surface area contributed by atoms with Gasteiger partial charge in [0.25, 0.3) is 0 Å². The SMILES string of the molecule is CCCNC(CCC1CCCC1)c1cc(F)c(F)cc1F. The van der Waals surface area contributed by atoms with Crippen LogP contribution in [0.2, 0.25) is 0 Å². The summed E-state index contributed by atoms with van der Waals surface area (Å²) in [5, 5.41) is 3.27. The molecule has 118 valence electrons. The first kappa shape index (κ1) is 16.3. The van der Waals surface area contributed by atoms with E-state index in [4.69, 9.17) is 0 Å². The molecule has 0 amide bonds. The third-order valence-electron chi connectivity index (χ3n) is 4.39. The van der Waals surface area contributed by atoms with Crippen molar-refractivity contribution in [3.63, 3.8) is 0 Å². The molecule has 1 fully saturated rings. The molecule has 2 rings (SSSR count). The van der Waals surface area contributed by atoms with Gasteiger partial charge in [0.2, 0.25) is 0 Å². The predicted molar refractivity (Wildman–Crippen MR) is 78.5 cm³/mol. The predicted octanol–water partition coefficient (Wildman–Crippen LogP) is 5.12. The highest BCUT2D eigenvalue weighted by Gasteiger charge is 2.21. The Morgan fingerprint density at radius 3 is 2.43 bits per heavy atom. The monoisotopic (exact) mass is 299 g/mol. The summed E-state index contributed by atoms with van der Waals surface area (Å²) < 4.78 is 40.4. The van der Waals surface area contributed by atoms with Crippen molar-refractivity contribution in [1.29, 1.82) is 0 Å². The van der Waals surface area contributed by atoms with Gasteiger partial charge in [0.15, 0.2) is 11.6 Å². The highest BCUT2D eigenvalue weighted by Crippen LogP contribution is 2.32. The third kappa shape index (κ3) is 4.47. The summed E-state index contributed by atoms with van der Waals surface area (Å²) in [5.41, 5.74) is 0.250. The maximum atomic E-state index is 14.0. The minimum absolute atomic E-state index is 0.236. The first-order chi connectivity index (χ1) is 10.1. The first-order valence-corrected chi connectivity index (χ1v) is 7.99. The van der Waals surface area contributed by atoms with Crippen LogP contribution in [0.15, 0.2) is 12.1 Å². The number of hydrogen-bond acceptors (Lipinski definition) is 1. The van der Waals surface area contributed by atoms with Crippen LogP contribution in [0.1, 0.15) is 63.5 Å². The zero-order valence-electron chi connectivity index (χ0n) is 12.6. The molecule has 0 aromatic heterocycles. The Balaban J connectivity index is 2.08. The normalized spacial score (nSPS) is 17.3. The summed E-state index contributed by atoms with van der Waals surface area (Å²) in [6.45, 7) is 2.77. The number of benzene rings is 1. The van der Waals surface area contributed by atoms with Crippen molar-refractivity contribution in [1.82, 2.24) is 5.32 Å². The van der Waals surface area contributed by atoms with Crippen LogP contribution in [0, 0.1) is 23.4 Å². The van der Waals surface area contributed by atoms with Crippen LogP contribution in [0.5, 0.6) is 0 Å². The van der Waals surface area contributed by atoms with Gasteiger partial charge in [-0.2, -0.15) is 0 Å². The minimum Gasteiger partial charge on any atom is -0.310 e. The topological polar surface area (TPSA) is 12.0 Å². The van der Waals surface area contributed by atoms with Crippen molar-refractivity contribution in [3.05, 3.63) is 35.1 Å². The molecule has 1 nitrogen and oxygen atoms in total. The van der Waals surface area contributed by atoms with Gasteiger partial charge in [0, 0.05) is 17.7 Å². The summed E-state index contributed by atoms with van der Waals surface area (Å²) in [4.78, 5) is 0. The van der Waals surface area contributed by atoms with Gasteiger partial charge in [-0.25, -0.2) is 13.2 Å². The lowest BCUT2D eigenvalue weighted by Crippen LogP contribution is -2.24. The molecule has 1 unspecified atom stereocenters. The van der Waals surface area contributed by atoms with Crippen molar-refractivity contribution in [2.75, 3.05) is 6.54 Å². The maximum Gasteiger partial charge on any atom is 0.161 e. The van der Waals surface area contributed by atoms with Crippen LogP contribution in [-0.4, -0.2) is 6.54 Å². The van der Waals surface area contributed by atoms with Crippen LogP contribution in [0.3, 0.4) is 0 Å². The fraction of sp³-hybridized carbons (Fsp3) is 0.647. The molecule has 1 atom stereocenters. The molecular weight excluding hydrogens is 275 g/mol. The van der Waals surface area contributed by atoms with E-state index in [2.05, 4.69) is 5.32 Å². The zero-order chi connectivity index (χ0) is 15.2. The average Bonchev–Trinajstić information content (AvgIpc) is 2.97. The Bertz CT molecular complexity index is 456. The van der Waals surface area contributed by atoms with Gasteiger partial charge in [-0.15, -0.1) is 0 Å². The molecule has 0 heterocycles. The molecule has 1 aromatic rings. The number of halogens is 3. The molecule has 1 saturated carbocycles. The molecule has 0 spiro atoms. The Kier molecular flexibility index (Phi) is 6.09. The molecule has 1 N–H and O–H groups in total. The van der Waals surface area contributed by atoms with Crippen molar-refractivity contribution in [2.24, 2.45) is 5.92 Å². The van der Waals surface area contributed by atoms with E-state index in [9.17, 15) is 13.2 Å². The van der Waals surface area contributed by atoms with Crippen LogP contribution in [0.25, 0.3) is 0 Å². The van der Waals surface area contributed by atoms with Crippen molar-refractivity contribution >= 4 is 0 Å². The smallest absolute Gasteiger partial charge is 0.161 e. The lowest BCUT2D eigenvalue weighted by Gasteiger charge is -2.21. The molecule has 0 bridgehead atoms. The van der Waals surface area contributed by atoms with Crippen molar-refractivity contribution in [2.45, 2.75) is 57.9 Å². The summed E-state index contributed by atoms with van der Waals surface area (Å²) >= 11 is 0. The standard InChI is InChI=1S/C17H24F3N/c1-2-9-21-17(8-7-12-5-3-4-6-12)13-10-15(19)16(20)11-14(13)18/h10-12,17,21H,2-9H2,1H3. The number of rotatable bonds is 7. The number of nitrogens with one attached hydrogen (secondary N) is 1. The molecule has 21 heavy (non-hydrogen) atoms. The van der Waals surface area contributed by atoms with Gasteiger partial charge < -0.3 is 5.32 Å². The number of hydrogen-bond donors (Lipinski definition) is 1. The summed E-state index contributed by atoms with van der Waals surface area (Å²) in [5.74, 6) is -2.06. The molecule has 4 heteroatoms. The fourth-order valence-corrected chi connectivity index (χ4v) is 3.19. The van der Waals surface area contributed by atoms with Crippen molar-refractivity contribution in [3.8, 4) is 0 Å². The molecule has 1 aliphatic rings. The maximum absolute atomic E-state index is 14.0. The second-order valence-corrected chi connectivity index (χ2v) is 6.02. The lowest BCUT2D eigenvalue weighted by atomic mass is 9.94. The Labute approximate surface area is 124 Å². The first-order valence-electron chi connectivity index (χ1n) is 7.99. The van der Waals surface area contributed by atoms with Crippen LogP contribution >= 0.6 is 0 Å². The van der Waals surface area contributed by atoms with Gasteiger partial charge in [-0.1, -0.05) is 32.6 Å². The van der Waals surface area contributed by atoms with Gasteiger partial charge in [0.1, 0.15) is 5.82 Å². The Morgan fingerprint density at radius 1 is 1.10 bits per heavy atom. The van der Waals surface area contributed by atoms with E-state index < -0.39 is 17.5 Å². The van der Waals surface area contributed by atoms with Crippen LogP contribution in [0.4, 0.5) is 13.2 Å². The van der Waals surface area contributed by atoms with E-state index in [1.807, 2.05) is 6.92 Å². The van der Waals surface area contributed by atoms with Gasteiger partial charge >= 0.3 is 0 Å². The van der Waals surface area contributed by atoms with E-state index in [0.29, 0.717) is 12.0 Å². The molecule has 0 radical (unpaired) electrons. The summed E-state index contributed by atoms with van der Waals surface area (Å²) in [6, 6.07) is 1.42. The van der Waals surface area contributed by atoms with Gasteiger partial charge in [-0.3, -0.25) is 0 Å². The zero-order valence-corrected chi connectivity index (χ0v) is 12.6. The average molecular weight is 299 g/mol. The highest BCUT2D eigenvalue weighted by molar-refractivity contribution is 5.23. The second kappa shape index (κ2) is 7.83. The van der Waals surface area contributed by atoms with E-state index in [1.54, 1.807) is 0 Å². The van der Waals surface area contributed by atoms with Crippen LogP contribution in [-0.2, 0) is 0 Å². The summed E-state index contributed by atoms with van der Waals surface area (Å²) in [7, 11) is 0. The van der Waals surface area contributed by atoms with Crippen molar-refractivity contribution < 1.29 is 13.2 Å². The van der Waals surface area contributed by atoms with E-state index in [1.165, 1.54) is 25.7 Å². The third-order valence-corrected chi connectivity index (χ3v) is 4.39. The molecular formula is C17H24F3N. The van der Waals surface area contributed by atoms with Crippen LogP contribution < -0.4 is 5.32 Å². The highest BCUT2D eigenvalue weighted by atomic mass is 19.2. The molecule has 1 aromatic carbocycles. The van der Waals surface area contributed by atoms with Gasteiger partial charge in [0.05, 0.1) is 0 Å². The van der Waals surface area contributed by atoms with E-state index in [0.717, 1.165) is 31.9 Å². The Hall–Kier alpha value is -1.03. The lowest BCUT2D eigenvalue weighted by molar-refractivity contribution is 0.398. The molecule has 0 saturated heterocycles. The summed E-state index contributed by atoms with van der Waals surface area (Å²) in [6.07, 6.45) is 7.73. The molecule has 1 aliphatic carbocycles. The largest absolute Gasteiger partial charge is 0.310 e. The van der Waals surface area contributed by atoms with Gasteiger partial charge in [-0.05, 0) is 37.8 Å². The second-order valence-electron chi connectivity index (χ2n) is 6.02. The van der Waals surface area contributed by atoms with E-state index in [-0.39, 0.29) is 11.6 Å². The van der Waals surface area contributed by atoms with E-state index >= 15 is 0 Å².